The van der Waals surface area contributed by atoms with Gasteiger partial charge in [-0.3, -0.25) is 14.1 Å². The van der Waals surface area contributed by atoms with Crippen molar-refractivity contribution in [1.29, 1.82) is 0 Å². The van der Waals surface area contributed by atoms with Crippen LogP contribution in [0.15, 0.2) is 24.3 Å². The number of aliphatic hydroxyl groups is 3. The van der Waals surface area contributed by atoms with E-state index in [2.05, 4.69) is 5.32 Å². The Morgan fingerprint density at radius 2 is 1.89 bits per heavy atom. The average Bonchev–Trinajstić information content (AvgIpc) is 3.35. The number of hydrogen-bond donors (Lipinski definition) is 4. The molecule has 2 unspecified atom stereocenters. The van der Waals surface area contributed by atoms with Crippen LogP contribution in [0.25, 0.3) is 0 Å². The van der Waals surface area contributed by atoms with Gasteiger partial charge in [-0.2, -0.15) is 4.67 Å². The molecule has 2 aliphatic rings. The fourth-order valence-corrected chi connectivity index (χ4v) is 6.35. The Morgan fingerprint density at radius 3 is 2.47 bits per heavy atom. The van der Waals surface area contributed by atoms with E-state index < -0.39 is 62.9 Å². The molecule has 13 nitrogen and oxygen atoms in total. The van der Waals surface area contributed by atoms with E-state index in [1.807, 2.05) is 0 Å². The molecule has 4 N–H and O–H groups in total. The predicted molar refractivity (Wildman–Crippen MR) is 124 cm³/mol. The highest BCUT2D eigenvalue weighted by Gasteiger charge is 2.53. The van der Waals surface area contributed by atoms with E-state index in [0.717, 1.165) is 0 Å². The molecule has 1 amide bonds. The topological polar surface area (TPSA) is 173 Å². The molecule has 2 heterocycles. The second kappa shape index (κ2) is 12.3. The molecule has 2 saturated heterocycles. The Morgan fingerprint density at radius 1 is 1.22 bits per heavy atom. The summed E-state index contributed by atoms with van der Waals surface area (Å²) in [6.45, 7) is 2.39. The van der Waals surface area contributed by atoms with Crippen LogP contribution in [0.1, 0.15) is 26.7 Å². The molecular formula is C22H33N2O11P. The highest BCUT2D eigenvalue weighted by atomic mass is 31.2. The number of benzene rings is 1. The minimum absolute atomic E-state index is 0.117. The number of nitrogens with zero attached hydrogens (tertiary/aromatic N) is 1. The lowest BCUT2D eigenvalue weighted by atomic mass is 9.97. The third-order valence-corrected chi connectivity index (χ3v) is 7.93. The van der Waals surface area contributed by atoms with Gasteiger partial charge in [-0.25, -0.2) is 4.57 Å². The predicted octanol–water partition coefficient (Wildman–Crippen LogP) is 0.170. The smallest absolute Gasteiger partial charge is 0.462 e. The molecule has 0 spiro atoms. The van der Waals surface area contributed by atoms with Crippen LogP contribution in [0.2, 0.25) is 0 Å². The van der Waals surface area contributed by atoms with E-state index in [1.165, 1.54) is 30.8 Å². The fraction of sp³-hybridized carbons (Fsp3) is 0.636. The first-order chi connectivity index (χ1) is 17.1. The minimum atomic E-state index is -4.44. The van der Waals surface area contributed by atoms with Gasteiger partial charge in [0.15, 0.2) is 6.29 Å². The summed E-state index contributed by atoms with van der Waals surface area (Å²) in [4.78, 5) is 24.2. The monoisotopic (exact) mass is 532 g/mol. The second-order valence-electron chi connectivity index (χ2n) is 8.34. The number of carbonyl (C=O) groups excluding carboxylic acids is 2. The molecule has 0 saturated carbocycles. The van der Waals surface area contributed by atoms with Gasteiger partial charge in [0, 0.05) is 13.5 Å². The lowest BCUT2D eigenvalue weighted by Crippen LogP contribution is -2.64. The van der Waals surface area contributed by atoms with E-state index in [4.69, 9.17) is 23.3 Å². The minimum Gasteiger partial charge on any atom is -0.497 e. The summed E-state index contributed by atoms with van der Waals surface area (Å²) in [6, 6.07) is 3.84. The SMILES string of the molecule is CCOC(=O)C1CCCN1P(=O)(Oc1ccc(OC)cc1)O[C@H]1[C@H](O)[C@@H](NC(C)=O)[C@@H](O)O[C@@H]1CO. The standard InChI is InChI=1S/C22H33N2O11P/c1-4-32-21(28)16-6-5-11-24(16)36(30,34-15-9-7-14(31-3)8-10-15)35-20-17(12-25)33-22(29)18(19(20)27)23-13(2)26/h7-10,16-20,22,25,27,29H,4-6,11-12H2,1-3H3,(H,23,26)/t16?,17-,18-,19-,20-,22+,36?/m1/s1. The van der Waals surface area contributed by atoms with Crippen molar-refractivity contribution in [3.63, 3.8) is 0 Å². The van der Waals surface area contributed by atoms with Crippen LogP contribution in [-0.4, -0.2) is 95.4 Å². The van der Waals surface area contributed by atoms with Crippen molar-refractivity contribution >= 4 is 19.6 Å². The van der Waals surface area contributed by atoms with Gasteiger partial charge in [-0.15, -0.1) is 0 Å². The molecular weight excluding hydrogens is 499 g/mol. The zero-order chi connectivity index (χ0) is 26.5. The fourth-order valence-electron chi connectivity index (χ4n) is 4.18. The summed E-state index contributed by atoms with van der Waals surface area (Å²) >= 11 is 0. The molecule has 36 heavy (non-hydrogen) atoms. The highest BCUT2D eigenvalue weighted by molar-refractivity contribution is 7.51. The second-order valence-corrected chi connectivity index (χ2v) is 10.2. The number of ether oxygens (including phenoxy) is 3. The van der Waals surface area contributed by atoms with E-state index in [1.54, 1.807) is 19.1 Å². The highest BCUT2D eigenvalue weighted by Crippen LogP contribution is 2.57. The summed E-state index contributed by atoms with van der Waals surface area (Å²) in [5, 5.41) is 33.4. The Balaban J connectivity index is 1.97. The van der Waals surface area contributed by atoms with Gasteiger partial charge in [-0.1, -0.05) is 0 Å². The summed E-state index contributed by atoms with van der Waals surface area (Å²) in [6.07, 6.45) is -5.32. The summed E-state index contributed by atoms with van der Waals surface area (Å²) in [5.74, 6) is -0.531. The molecule has 3 rings (SSSR count). The molecule has 0 bridgehead atoms. The van der Waals surface area contributed by atoms with Crippen LogP contribution in [0.3, 0.4) is 0 Å². The van der Waals surface area contributed by atoms with Gasteiger partial charge in [0.05, 0.1) is 20.3 Å². The number of esters is 1. The van der Waals surface area contributed by atoms with Crippen molar-refractivity contribution in [3.8, 4) is 11.5 Å². The third kappa shape index (κ3) is 6.35. The summed E-state index contributed by atoms with van der Waals surface area (Å²) < 4.78 is 42.9. The zero-order valence-electron chi connectivity index (χ0n) is 20.3. The van der Waals surface area contributed by atoms with Crippen LogP contribution < -0.4 is 14.6 Å². The molecule has 0 aliphatic carbocycles. The lowest BCUT2D eigenvalue weighted by molar-refractivity contribution is -0.250. The van der Waals surface area contributed by atoms with Gasteiger partial charge >= 0.3 is 13.7 Å². The van der Waals surface area contributed by atoms with Crippen molar-refractivity contribution in [2.45, 2.75) is 63.4 Å². The van der Waals surface area contributed by atoms with E-state index in [9.17, 15) is 29.5 Å². The molecule has 2 fully saturated rings. The average molecular weight is 532 g/mol. The van der Waals surface area contributed by atoms with Crippen LogP contribution in [-0.2, 0) is 28.2 Å². The van der Waals surface area contributed by atoms with Gasteiger partial charge < -0.3 is 39.4 Å². The van der Waals surface area contributed by atoms with Crippen molar-refractivity contribution in [2.75, 3.05) is 26.9 Å². The molecule has 1 aromatic rings. The largest absolute Gasteiger partial charge is 0.497 e. The summed E-state index contributed by atoms with van der Waals surface area (Å²) in [5.41, 5.74) is 0. The number of nitrogens with one attached hydrogen (secondary N) is 1. The van der Waals surface area contributed by atoms with Crippen molar-refractivity contribution in [3.05, 3.63) is 24.3 Å². The van der Waals surface area contributed by atoms with Crippen LogP contribution >= 0.6 is 7.75 Å². The van der Waals surface area contributed by atoms with Gasteiger partial charge in [-0.05, 0) is 44.0 Å². The molecule has 2 aliphatic heterocycles. The number of amides is 1. The number of carbonyl (C=O) groups is 2. The maximum absolute atomic E-state index is 14.4. The number of aliphatic hydroxyl groups excluding tert-OH is 3. The molecule has 1 aromatic carbocycles. The first-order valence-corrected chi connectivity index (χ1v) is 13.1. The van der Waals surface area contributed by atoms with E-state index >= 15 is 0 Å². The lowest BCUT2D eigenvalue weighted by Gasteiger charge is -2.43. The van der Waals surface area contributed by atoms with Crippen LogP contribution in [0.5, 0.6) is 11.5 Å². The molecule has 0 radical (unpaired) electrons. The van der Waals surface area contributed by atoms with Gasteiger partial charge in [0.1, 0.15) is 41.9 Å². The maximum Gasteiger partial charge on any atom is 0.462 e. The molecule has 14 heteroatoms. The van der Waals surface area contributed by atoms with Crippen LogP contribution in [0, 0.1) is 0 Å². The first-order valence-electron chi connectivity index (χ1n) is 11.6. The van der Waals surface area contributed by atoms with Gasteiger partial charge in [0.25, 0.3) is 0 Å². The third-order valence-electron chi connectivity index (χ3n) is 5.88. The van der Waals surface area contributed by atoms with Gasteiger partial charge in [0.2, 0.25) is 5.91 Å². The normalized spacial score (nSPS) is 30.3. The number of rotatable bonds is 10. The van der Waals surface area contributed by atoms with Crippen LogP contribution in [0.4, 0.5) is 0 Å². The summed E-state index contributed by atoms with van der Waals surface area (Å²) in [7, 11) is -2.95. The Labute approximate surface area is 208 Å². The molecule has 0 aromatic heterocycles. The maximum atomic E-state index is 14.4. The number of methoxy groups -OCH3 is 1. The number of hydrogen-bond acceptors (Lipinski definition) is 11. The van der Waals surface area contributed by atoms with Crippen molar-refractivity contribution in [2.24, 2.45) is 0 Å². The first kappa shape index (κ1) is 28.3. The Bertz CT molecular complexity index is 946. The van der Waals surface area contributed by atoms with E-state index in [-0.39, 0.29) is 18.9 Å². The zero-order valence-corrected chi connectivity index (χ0v) is 21.2. The molecule has 202 valence electrons. The van der Waals surface area contributed by atoms with E-state index in [0.29, 0.717) is 18.6 Å². The van der Waals surface area contributed by atoms with Crippen molar-refractivity contribution in [1.82, 2.24) is 9.99 Å². The Hall–Kier alpha value is -2.25. The van der Waals surface area contributed by atoms with Crippen molar-refractivity contribution < 1.29 is 52.7 Å². The Kier molecular flexibility index (Phi) is 9.70. The quantitative estimate of drug-likeness (QED) is 0.238. The molecule has 7 atom stereocenters.